The predicted molar refractivity (Wildman–Crippen MR) is 90.8 cm³/mol. The van der Waals surface area contributed by atoms with Crippen LogP contribution in [0.1, 0.15) is 11.3 Å². The van der Waals surface area contributed by atoms with Gasteiger partial charge < -0.3 is 14.1 Å². The van der Waals surface area contributed by atoms with Gasteiger partial charge in [0.1, 0.15) is 22.7 Å². The number of ether oxygens (including phenoxy) is 1. The molecular weight excluding hydrogens is 318 g/mol. The van der Waals surface area contributed by atoms with Crippen LogP contribution in [0.5, 0.6) is 5.75 Å². The smallest absolute Gasteiger partial charge is 0.198 e. The van der Waals surface area contributed by atoms with Gasteiger partial charge in [0.25, 0.3) is 0 Å². The second-order valence-corrected chi connectivity index (χ2v) is 5.47. The van der Waals surface area contributed by atoms with E-state index in [4.69, 9.17) is 9.15 Å². The Labute approximate surface area is 142 Å². The molecule has 0 aliphatic carbocycles. The van der Waals surface area contributed by atoms with Crippen LogP contribution in [-0.4, -0.2) is 27.0 Å². The van der Waals surface area contributed by atoms with Crippen molar-refractivity contribution >= 4 is 11.2 Å². The van der Waals surface area contributed by atoms with Gasteiger partial charge >= 0.3 is 0 Å². The van der Waals surface area contributed by atoms with Crippen molar-refractivity contribution in [2.24, 2.45) is 0 Å². The van der Waals surface area contributed by atoms with Crippen LogP contribution in [0.4, 0.5) is 0 Å². The SMILES string of the molecule is COc1cc(C#N)cc(-c2nc(-c3ccc(C)o3)nc3nc[nH]c23)c1. The van der Waals surface area contributed by atoms with Gasteiger partial charge in [-0.3, -0.25) is 0 Å². The summed E-state index contributed by atoms with van der Waals surface area (Å²) in [5.41, 5.74) is 3.05. The number of nitrogens with one attached hydrogen (secondary N) is 1. The molecule has 7 nitrogen and oxygen atoms in total. The van der Waals surface area contributed by atoms with E-state index < -0.39 is 0 Å². The van der Waals surface area contributed by atoms with Gasteiger partial charge in [-0.05, 0) is 37.3 Å². The van der Waals surface area contributed by atoms with Crippen molar-refractivity contribution in [3.05, 3.63) is 48.0 Å². The maximum atomic E-state index is 9.26. The van der Waals surface area contributed by atoms with Crippen molar-refractivity contribution in [2.75, 3.05) is 7.11 Å². The van der Waals surface area contributed by atoms with Crippen molar-refractivity contribution < 1.29 is 9.15 Å². The number of H-pyrrole nitrogens is 1. The summed E-state index contributed by atoms with van der Waals surface area (Å²) in [6, 6.07) is 11.1. The molecule has 0 fully saturated rings. The normalized spacial score (nSPS) is 10.8. The zero-order valence-corrected chi connectivity index (χ0v) is 13.6. The van der Waals surface area contributed by atoms with Crippen molar-refractivity contribution in [2.45, 2.75) is 6.92 Å². The zero-order chi connectivity index (χ0) is 17.4. The second-order valence-electron chi connectivity index (χ2n) is 5.47. The summed E-state index contributed by atoms with van der Waals surface area (Å²) in [4.78, 5) is 16.4. The summed E-state index contributed by atoms with van der Waals surface area (Å²) in [7, 11) is 1.56. The molecule has 0 saturated heterocycles. The minimum Gasteiger partial charge on any atom is -0.497 e. The molecule has 1 aromatic carbocycles. The van der Waals surface area contributed by atoms with E-state index in [1.165, 1.54) is 0 Å². The number of methoxy groups -OCH3 is 1. The highest BCUT2D eigenvalue weighted by molar-refractivity contribution is 5.89. The largest absolute Gasteiger partial charge is 0.497 e. The standard InChI is InChI=1S/C18H13N5O2/c1-10-3-4-14(25-10)17-22-15(16-18(23-17)21-9-20-16)12-5-11(8-19)6-13(7-12)24-2/h3-7,9H,1-2H3,(H,20,21,22,23). The van der Waals surface area contributed by atoms with Crippen molar-refractivity contribution in [1.29, 1.82) is 5.26 Å². The molecule has 25 heavy (non-hydrogen) atoms. The summed E-state index contributed by atoms with van der Waals surface area (Å²) in [5, 5.41) is 9.26. The Kier molecular flexibility index (Phi) is 3.43. The van der Waals surface area contributed by atoms with E-state index >= 15 is 0 Å². The highest BCUT2D eigenvalue weighted by Gasteiger charge is 2.16. The molecule has 7 heteroatoms. The first-order valence-corrected chi connectivity index (χ1v) is 7.55. The summed E-state index contributed by atoms with van der Waals surface area (Å²) < 4.78 is 10.9. The fraction of sp³-hybridized carbons (Fsp3) is 0.111. The fourth-order valence-corrected chi connectivity index (χ4v) is 2.63. The van der Waals surface area contributed by atoms with Crippen LogP contribution in [0.15, 0.2) is 41.1 Å². The van der Waals surface area contributed by atoms with Gasteiger partial charge in [-0.1, -0.05) is 0 Å². The first-order valence-electron chi connectivity index (χ1n) is 7.55. The maximum absolute atomic E-state index is 9.26. The summed E-state index contributed by atoms with van der Waals surface area (Å²) in [5.74, 6) is 2.35. The Hall–Kier alpha value is -3.66. The Morgan fingerprint density at radius 2 is 2.08 bits per heavy atom. The van der Waals surface area contributed by atoms with Gasteiger partial charge in [0.15, 0.2) is 17.2 Å². The minimum absolute atomic E-state index is 0.434. The molecular formula is C18H13N5O2. The molecule has 4 rings (SSSR count). The third kappa shape index (κ3) is 2.60. The van der Waals surface area contributed by atoms with Gasteiger partial charge in [-0.15, -0.1) is 0 Å². The molecule has 0 bridgehead atoms. The first-order chi connectivity index (χ1) is 12.2. The number of benzene rings is 1. The molecule has 122 valence electrons. The Balaban J connectivity index is 1.98. The molecule has 0 unspecified atom stereocenters. The number of imidazole rings is 1. The van der Waals surface area contributed by atoms with Gasteiger partial charge in [0.2, 0.25) is 0 Å². The molecule has 1 N–H and O–H groups in total. The molecule has 0 aliphatic heterocycles. The molecule has 0 spiro atoms. The number of fused-ring (bicyclic) bond motifs is 1. The summed E-state index contributed by atoms with van der Waals surface area (Å²) in [6.45, 7) is 1.86. The lowest BCUT2D eigenvalue weighted by Gasteiger charge is -2.07. The van der Waals surface area contributed by atoms with E-state index in [2.05, 4.69) is 26.0 Å². The monoisotopic (exact) mass is 331 g/mol. The first kappa shape index (κ1) is 14.9. The van der Waals surface area contributed by atoms with E-state index in [-0.39, 0.29) is 0 Å². The van der Waals surface area contributed by atoms with Crippen LogP contribution < -0.4 is 4.74 Å². The zero-order valence-electron chi connectivity index (χ0n) is 13.6. The highest BCUT2D eigenvalue weighted by Crippen LogP contribution is 2.31. The lowest BCUT2D eigenvalue weighted by molar-refractivity contribution is 0.415. The quantitative estimate of drug-likeness (QED) is 0.617. The maximum Gasteiger partial charge on any atom is 0.198 e. The molecule has 3 heterocycles. The Bertz CT molecular complexity index is 1120. The number of rotatable bonds is 3. The van der Waals surface area contributed by atoms with Gasteiger partial charge in [0.05, 0.1) is 25.1 Å². The van der Waals surface area contributed by atoms with Crippen LogP contribution in [0.25, 0.3) is 34.0 Å². The molecule has 0 aliphatic rings. The summed E-state index contributed by atoms with van der Waals surface area (Å²) in [6.07, 6.45) is 1.56. The van der Waals surface area contributed by atoms with E-state index in [1.807, 2.05) is 25.1 Å². The van der Waals surface area contributed by atoms with Crippen molar-refractivity contribution in [3.63, 3.8) is 0 Å². The van der Waals surface area contributed by atoms with Crippen LogP contribution in [0.2, 0.25) is 0 Å². The lowest BCUT2D eigenvalue weighted by Crippen LogP contribution is -1.95. The number of aromatic nitrogens is 4. The number of aromatic amines is 1. The highest BCUT2D eigenvalue weighted by atomic mass is 16.5. The van der Waals surface area contributed by atoms with Crippen LogP contribution in [0.3, 0.4) is 0 Å². The molecule has 0 atom stereocenters. The third-order valence-electron chi connectivity index (χ3n) is 3.79. The number of hydrogen-bond donors (Lipinski definition) is 1. The predicted octanol–water partition coefficient (Wildman–Crippen LogP) is 3.47. The van der Waals surface area contributed by atoms with Gasteiger partial charge in [-0.25, -0.2) is 15.0 Å². The number of furan rings is 1. The molecule has 3 aromatic heterocycles. The fourth-order valence-electron chi connectivity index (χ4n) is 2.63. The van der Waals surface area contributed by atoms with Crippen molar-refractivity contribution in [1.82, 2.24) is 19.9 Å². The third-order valence-corrected chi connectivity index (χ3v) is 3.79. The number of nitrogens with zero attached hydrogens (tertiary/aromatic N) is 4. The lowest BCUT2D eigenvalue weighted by atomic mass is 10.1. The number of aryl methyl sites for hydroxylation is 1. The number of nitriles is 1. The van der Waals surface area contributed by atoms with E-state index in [1.54, 1.807) is 25.6 Å². The Morgan fingerprint density at radius 3 is 2.80 bits per heavy atom. The van der Waals surface area contributed by atoms with Crippen molar-refractivity contribution in [3.8, 4) is 34.7 Å². The molecule has 4 aromatic rings. The van der Waals surface area contributed by atoms with Gasteiger partial charge in [-0.2, -0.15) is 5.26 Å². The van der Waals surface area contributed by atoms with Crippen LogP contribution in [0, 0.1) is 18.3 Å². The minimum atomic E-state index is 0.434. The average molecular weight is 331 g/mol. The number of hydrogen-bond acceptors (Lipinski definition) is 6. The second kappa shape index (κ2) is 5.76. The average Bonchev–Trinajstić information content (AvgIpc) is 3.28. The van der Waals surface area contributed by atoms with E-state index in [0.29, 0.717) is 39.8 Å². The van der Waals surface area contributed by atoms with Crippen LogP contribution >= 0.6 is 0 Å². The molecule has 0 radical (unpaired) electrons. The Morgan fingerprint density at radius 1 is 1.20 bits per heavy atom. The molecule has 0 amide bonds. The topological polar surface area (TPSA) is 101 Å². The van der Waals surface area contributed by atoms with Gasteiger partial charge in [0, 0.05) is 5.56 Å². The van der Waals surface area contributed by atoms with Crippen LogP contribution in [-0.2, 0) is 0 Å². The van der Waals surface area contributed by atoms with E-state index in [0.717, 1.165) is 11.3 Å². The summed E-state index contributed by atoms with van der Waals surface area (Å²) >= 11 is 0. The molecule has 0 saturated carbocycles. The van der Waals surface area contributed by atoms with E-state index in [9.17, 15) is 5.26 Å².